The molecular weight excluding hydrogens is 310 g/mol. The van der Waals surface area contributed by atoms with Gasteiger partial charge >= 0.3 is 0 Å². The van der Waals surface area contributed by atoms with E-state index in [0.29, 0.717) is 0 Å². The first-order valence-electron chi connectivity index (χ1n) is 8.90. The molecule has 1 aromatic heterocycles. The highest BCUT2D eigenvalue weighted by Crippen LogP contribution is 2.15. The van der Waals surface area contributed by atoms with Crippen LogP contribution in [0.25, 0.3) is 11.0 Å². The molecule has 3 aromatic rings. The summed E-state index contributed by atoms with van der Waals surface area (Å²) in [7, 11) is 2.08. The lowest BCUT2D eigenvalue weighted by atomic mass is 10.1. The van der Waals surface area contributed by atoms with E-state index in [9.17, 15) is 4.79 Å². The highest BCUT2D eigenvalue weighted by molar-refractivity contribution is 5.94. The summed E-state index contributed by atoms with van der Waals surface area (Å²) in [5.74, 6) is 1.14. The molecule has 1 N–H and O–H groups in total. The van der Waals surface area contributed by atoms with Gasteiger partial charge < -0.3 is 9.88 Å². The van der Waals surface area contributed by atoms with Crippen molar-refractivity contribution in [2.75, 3.05) is 6.54 Å². The average molecular weight is 335 g/mol. The molecule has 0 saturated carbocycles. The molecule has 0 aliphatic rings. The largest absolute Gasteiger partial charge is 0.352 e. The molecule has 3 rings (SSSR count). The Labute approximate surface area is 148 Å². The zero-order valence-electron chi connectivity index (χ0n) is 15.0. The number of fused-ring (bicyclic) bond motifs is 1. The van der Waals surface area contributed by atoms with Crippen LogP contribution in [0.1, 0.15) is 41.0 Å². The van der Waals surface area contributed by atoms with Crippen molar-refractivity contribution in [1.82, 2.24) is 14.9 Å². The van der Waals surface area contributed by atoms with Crippen molar-refractivity contribution in [3.8, 4) is 0 Å². The maximum atomic E-state index is 12.0. The Morgan fingerprint density at radius 1 is 1.04 bits per heavy atom. The van der Waals surface area contributed by atoms with Crippen LogP contribution < -0.4 is 5.32 Å². The highest BCUT2D eigenvalue weighted by Gasteiger charge is 2.07. The normalized spacial score (nSPS) is 11.0. The highest BCUT2D eigenvalue weighted by atomic mass is 16.1. The predicted octanol–water partition coefficient (Wildman–Crippen LogP) is 4.02. The van der Waals surface area contributed by atoms with Gasteiger partial charge in [0.15, 0.2) is 0 Å². The van der Waals surface area contributed by atoms with E-state index in [4.69, 9.17) is 4.98 Å². The fourth-order valence-electron chi connectivity index (χ4n) is 3.01. The van der Waals surface area contributed by atoms with E-state index < -0.39 is 0 Å². The lowest BCUT2D eigenvalue weighted by Crippen LogP contribution is -2.24. The van der Waals surface area contributed by atoms with Crippen LogP contribution >= 0.6 is 0 Å². The quantitative estimate of drug-likeness (QED) is 0.663. The second-order valence-electron chi connectivity index (χ2n) is 6.51. The molecule has 0 unspecified atom stereocenters. The first-order valence-corrected chi connectivity index (χ1v) is 8.90. The summed E-state index contributed by atoms with van der Waals surface area (Å²) in [6.45, 7) is 2.74. The molecule has 2 aromatic carbocycles. The standard InChI is InChI=1S/C21H25N3O/c1-16-11-13-17(14-12-16)21(25)22-15-7-3-4-10-20-23-18-8-5-6-9-19(18)24(20)2/h5-6,8-9,11-14H,3-4,7,10,15H2,1-2H3,(H,22,25). The molecule has 4 nitrogen and oxygen atoms in total. The van der Waals surface area contributed by atoms with E-state index >= 15 is 0 Å². The predicted molar refractivity (Wildman–Crippen MR) is 102 cm³/mol. The minimum absolute atomic E-state index is 0.00958. The van der Waals surface area contributed by atoms with Crippen LogP contribution in [-0.2, 0) is 13.5 Å². The average Bonchev–Trinajstić information content (AvgIpc) is 2.95. The Bertz CT molecular complexity index is 849. The third kappa shape index (κ3) is 4.27. The summed E-state index contributed by atoms with van der Waals surface area (Å²) >= 11 is 0. The number of aromatic nitrogens is 2. The van der Waals surface area contributed by atoms with Gasteiger partial charge in [0.2, 0.25) is 0 Å². The van der Waals surface area contributed by atoms with Crippen molar-refractivity contribution < 1.29 is 4.79 Å². The first kappa shape index (κ1) is 17.2. The van der Waals surface area contributed by atoms with Crippen LogP contribution in [0.5, 0.6) is 0 Å². The molecule has 130 valence electrons. The molecule has 0 bridgehead atoms. The van der Waals surface area contributed by atoms with Crippen LogP contribution in [0.15, 0.2) is 48.5 Å². The summed E-state index contributed by atoms with van der Waals surface area (Å²) in [5, 5.41) is 2.99. The van der Waals surface area contributed by atoms with E-state index in [1.807, 2.05) is 43.3 Å². The first-order chi connectivity index (χ1) is 12.1. The smallest absolute Gasteiger partial charge is 0.251 e. The van der Waals surface area contributed by atoms with Gasteiger partial charge in [-0.3, -0.25) is 4.79 Å². The Kier molecular flexibility index (Phi) is 5.49. The van der Waals surface area contributed by atoms with Crippen LogP contribution in [-0.4, -0.2) is 22.0 Å². The minimum atomic E-state index is 0.00958. The van der Waals surface area contributed by atoms with E-state index in [1.54, 1.807) is 0 Å². The second-order valence-corrected chi connectivity index (χ2v) is 6.51. The topological polar surface area (TPSA) is 46.9 Å². The number of carbonyl (C=O) groups is 1. The molecule has 0 spiro atoms. The Morgan fingerprint density at radius 3 is 2.56 bits per heavy atom. The molecule has 0 saturated heterocycles. The summed E-state index contributed by atoms with van der Waals surface area (Å²) in [5.41, 5.74) is 4.14. The number of para-hydroxylation sites is 2. The van der Waals surface area contributed by atoms with Crippen LogP contribution in [0, 0.1) is 6.92 Å². The Balaban J connectivity index is 1.39. The molecule has 0 aliphatic heterocycles. The number of aryl methyl sites for hydroxylation is 3. The summed E-state index contributed by atoms with van der Waals surface area (Å²) < 4.78 is 2.18. The molecular formula is C21H25N3O. The van der Waals surface area contributed by atoms with Gasteiger partial charge in [0.05, 0.1) is 11.0 Å². The molecule has 1 heterocycles. The maximum Gasteiger partial charge on any atom is 0.251 e. The van der Waals surface area contributed by atoms with E-state index in [-0.39, 0.29) is 5.91 Å². The van der Waals surface area contributed by atoms with Gasteiger partial charge in [-0.15, -0.1) is 0 Å². The molecule has 4 heteroatoms. The van der Waals surface area contributed by atoms with Crippen molar-refractivity contribution in [3.05, 3.63) is 65.5 Å². The number of nitrogens with zero attached hydrogens (tertiary/aromatic N) is 2. The lowest BCUT2D eigenvalue weighted by molar-refractivity contribution is 0.0953. The fourth-order valence-corrected chi connectivity index (χ4v) is 3.01. The van der Waals surface area contributed by atoms with Crippen LogP contribution in [0.3, 0.4) is 0 Å². The van der Waals surface area contributed by atoms with Crippen molar-refractivity contribution in [1.29, 1.82) is 0 Å². The summed E-state index contributed by atoms with van der Waals surface area (Å²) in [4.78, 5) is 16.7. The second kappa shape index (κ2) is 7.97. The molecule has 0 radical (unpaired) electrons. The van der Waals surface area contributed by atoms with Crippen molar-refractivity contribution in [2.24, 2.45) is 7.05 Å². The van der Waals surface area contributed by atoms with Gasteiger partial charge in [-0.05, 0) is 44.0 Å². The number of rotatable bonds is 7. The lowest BCUT2D eigenvalue weighted by Gasteiger charge is -2.06. The Morgan fingerprint density at radius 2 is 1.80 bits per heavy atom. The van der Waals surface area contributed by atoms with E-state index in [1.165, 1.54) is 11.1 Å². The number of carbonyl (C=O) groups excluding carboxylic acids is 1. The molecule has 1 amide bonds. The van der Waals surface area contributed by atoms with Crippen molar-refractivity contribution in [3.63, 3.8) is 0 Å². The van der Waals surface area contributed by atoms with Crippen molar-refractivity contribution >= 4 is 16.9 Å². The SMILES string of the molecule is Cc1ccc(C(=O)NCCCCCc2nc3ccccc3n2C)cc1. The molecule has 0 fully saturated rings. The van der Waals surface area contributed by atoms with Gasteiger partial charge in [-0.25, -0.2) is 4.98 Å². The minimum Gasteiger partial charge on any atom is -0.352 e. The fraction of sp³-hybridized carbons (Fsp3) is 0.333. The monoisotopic (exact) mass is 335 g/mol. The van der Waals surface area contributed by atoms with Gasteiger partial charge in [-0.1, -0.05) is 36.2 Å². The van der Waals surface area contributed by atoms with Crippen molar-refractivity contribution in [2.45, 2.75) is 32.6 Å². The van der Waals surface area contributed by atoms with Crippen LogP contribution in [0.4, 0.5) is 0 Å². The zero-order valence-corrected chi connectivity index (χ0v) is 15.0. The Hall–Kier alpha value is -2.62. The number of hydrogen-bond acceptors (Lipinski definition) is 2. The molecule has 0 aliphatic carbocycles. The number of amides is 1. The number of imidazole rings is 1. The molecule has 25 heavy (non-hydrogen) atoms. The van der Waals surface area contributed by atoms with Gasteiger partial charge in [-0.2, -0.15) is 0 Å². The summed E-state index contributed by atoms with van der Waals surface area (Å²) in [6, 6.07) is 15.9. The number of nitrogens with one attached hydrogen (secondary N) is 1. The number of unbranched alkanes of at least 4 members (excludes halogenated alkanes) is 2. The number of hydrogen-bond donors (Lipinski definition) is 1. The van der Waals surface area contributed by atoms with Gasteiger partial charge in [0.1, 0.15) is 5.82 Å². The van der Waals surface area contributed by atoms with Gasteiger partial charge in [0.25, 0.3) is 5.91 Å². The molecule has 0 atom stereocenters. The van der Waals surface area contributed by atoms with E-state index in [0.717, 1.165) is 49.1 Å². The zero-order chi connectivity index (χ0) is 17.6. The summed E-state index contributed by atoms with van der Waals surface area (Å²) in [6.07, 6.45) is 4.12. The third-order valence-corrected chi connectivity index (χ3v) is 4.56. The van der Waals surface area contributed by atoms with Gasteiger partial charge in [0, 0.05) is 25.6 Å². The van der Waals surface area contributed by atoms with Crippen LogP contribution in [0.2, 0.25) is 0 Å². The number of benzene rings is 2. The van der Waals surface area contributed by atoms with E-state index in [2.05, 4.69) is 29.1 Å². The third-order valence-electron chi connectivity index (χ3n) is 4.56. The maximum absolute atomic E-state index is 12.0.